The van der Waals surface area contributed by atoms with Crippen LogP contribution in [-0.4, -0.2) is 30.8 Å². The Morgan fingerprint density at radius 2 is 1.93 bits per heavy atom. The molecule has 0 aromatic carbocycles. The predicted octanol–water partition coefficient (Wildman–Crippen LogP) is 0.548. The van der Waals surface area contributed by atoms with E-state index in [1.165, 1.54) is 6.92 Å². The summed E-state index contributed by atoms with van der Waals surface area (Å²) in [5.74, 6) is -0.752. The van der Waals surface area contributed by atoms with E-state index < -0.39 is 24.0 Å². The molecule has 0 saturated heterocycles. The van der Waals surface area contributed by atoms with Crippen LogP contribution < -0.4 is 11.5 Å². The number of primary amides is 1. The molecule has 1 atom stereocenters. The van der Waals surface area contributed by atoms with Crippen LogP contribution in [0.25, 0.3) is 0 Å². The Bertz CT molecular complexity index is 216. The number of ether oxygens (including phenoxy) is 1. The molecule has 7 heteroatoms. The lowest BCUT2D eigenvalue weighted by atomic mass is 10.1. The molecule has 0 fully saturated rings. The Hall–Kier alpha value is -0.820. The summed E-state index contributed by atoms with van der Waals surface area (Å²) < 4.78 is 39.9. The van der Waals surface area contributed by atoms with Gasteiger partial charge in [0.05, 0.1) is 6.61 Å². The van der Waals surface area contributed by atoms with Crippen molar-refractivity contribution in [2.24, 2.45) is 11.5 Å². The molecular formula is C8H15F3N2O2. The summed E-state index contributed by atoms with van der Waals surface area (Å²) in [7, 11) is 0. The van der Waals surface area contributed by atoms with E-state index in [0.717, 1.165) is 0 Å². The van der Waals surface area contributed by atoms with Crippen LogP contribution in [0.15, 0.2) is 0 Å². The summed E-state index contributed by atoms with van der Waals surface area (Å²) in [6.07, 6.45) is -5.25. The van der Waals surface area contributed by atoms with Crippen molar-refractivity contribution in [3.05, 3.63) is 0 Å². The van der Waals surface area contributed by atoms with E-state index in [1.54, 1.807) is 0 Å². The average Bonchev–Trinajstić information content (AvgIpc) is 2.00. The van der Waals surface area contributed by atoms with Gasteiger partial charge in [0.25, 0.3) is 0 Å². The van der Waals surface area contributed by atoms with Crippen LogP contribution in [0.1, 0.15) is 19.8 Å². The summed E-state index contributed by atoms with van der Waals surface area (Å²) in [5, 5.41) is 0. The minimum Gasteiger partial charge on any atom is -0.379 e. The van der Waals surface area contributed by atoms with E-state index in [9.17, 15) is 18.0 Å². The molecule has 15 heavy (non-hydrogen) atoms. The number of hydrogen-bond acceptors (Lipinski definition) is 3. The van der Waals surface area contributed by atoms with Gasteiger partial charge in [-0.25, -0.2) is 0 Å². The first-order chi connectivity index (χ1) is 6.65. The summed E-state index contributed by atoms with van der Waals surface area (Å²) in [6, 6.07) is 0. The molecule has 0 radical (unpaired) electrons. The second-order valence-corrected chi connectivity index (χ2v) is 3.55. The first-order valence-electron chi connectivity index (χ1n) is 4.38. The Morgan fingerprint density at radius 3 is 2.33 bits per heavy atom. The van der Waals surface area contributed by atoms with Crippen molar-refractivity contribution in [2.75, 3.05) is 13.2 Å². The van der Waals surface area contributed by atoms with Crippen molar-refractivity contribution in [3.63, 3.8) is 0 Å². The quantitative estimate of drug-likeness (QED) is 0.651. The zero-order chi connectivity index (χ0) is 12.1. The Morgan fingerprint density at radius 1 is 1.40 bits per heavy atom. The Kier molecular flexibility index (Phi) is 5.02. The molecule has 0 saturated carbocycles. The Balaban J connectivity index is 3.60. The highest BCUT2D eigenvalue weighted by Gasteiger charge is 2.27. The predicted molar refractivity (Wildman–Crippen MR) is 47.9 cm³/mol. The van der Waals surface area contributed by atoms with Gasteiger partial charge in [0.15, 0.2) is 0 Å². The summed E-state index contributed by atoms with van der Waals surface area (Å²) >= 11 is 0. The van der Waals surface area contributed by atoms with Crippen molar-refractivity contribution in [1.82, 2.24) is 0 Å². The maximum atomic E-state index is 11.7. The number of nitrogens with two attached hydrogens (primary N) is 2. The number of carbonyl (C=O) groups excluding carboxylic acids is 1. The highest BCUT2D eigenvalue weighted by Crippen LogP contribution is 2.21. The van der Waals surface area contributed by atoms with Gasteiger partial charge in [0.2, 0.25) is 5.91 Å². The third kappa shape index (κ3) is 7.15. The summed E-state index contributed by atoms with van der Waals surface area (Å²) in [5.41, 5.74) is 9.00. The molecule has 1 amide bonds. The molecule has 1 unspecified atom stereocenters. The van der Waals surface area contributed by atoms with E-state index in [1.807, 2.05) is 0 Å². The molecule has 0 aliphatic heterocycles. The lowest BCUT2D eigenvalue weighted by Gasteiger charge is -2.20. The highest BCUT2D eigenvalue weighted by molar-refractivity contribution is 5.83. The van der Waals surface area contributed by atoms with Crippen LogP contribution in [0.2, 0.25) is 0 Å². The first-order valence-corrected chi connectivity index (χ1v) is 4.38. The number of carbonyl (C=O) groups is 1. The molecule has 0 rings (SSSR count). The SMILES string of the molecule is CC(N)(COCCCC(F)(F)F)C(N)=O. The van der Waals surface area contributed by atoms with Crippen LogP contribution in [-0.2, 0) is 9.53 Å². The zero-order valence-corrected chi connectivity index (χ0v) is 8.43. The second kappa shape index (κ2) is 5.32. The summed E-state index contributed by atoms with van der Waals surface area (Å²) in [6.45, 7) is 1.08. The van der Waals surface area contributed by atoms with E-state index >= 15 is 0 Å². The van der Waals surface area contributed by atoms with Crippen LogP contribution in [0.5, 0.6) is 0 Å². The smallest absolute Gasteiger partial charge is 0.379 e. The Labute approximate surface area is 85.7 Å². The van der Waals surface area contributed by atoms with Gasteiger partial charge < -0.3 is 16.2 Å². The van der Waals surface area contributed by atoms with Gasteiger partial charge in [-0.2, -0.15) is 13.2 Å². The molecule has 0 bridgehead atoms. The fraction of sp³-hybridized carbons (Fsp3) is 0.875. The van der Waals surface area contributed by atoms with Crippen molar-refractivity contribution in [2.45, 2.75) is 31.5 Å². The van der Waals surface area contributed by atoms with Gasteiger partial charge in [-0.15, -0.1) is 0 Å². The van der Waals surface area contributed by atoms with Crippen molar-refractivity contribution >= 4 is 5.91 Å². The van der Waals surface area contributed by atoms with Crippen LogP contribution in [0.3, 0.4) is 0 Å². The first kappa shape index (κ1) is 14.2. The standard InChI is InChI=1S/C8H15F3N2O2/c1-7(13,6(12)14)5-15-4-2-3-8(9,10)11/h2-5,13H2,1H3,(H2,12,14). The second-order valence-electron chi connectivity index (χ2n) is 3.55. The molecule has 0 heterocycles. The van der Waals surface area contributed by atoms with E-state index in [4.69, 9.17) is 16.2 Å². The summed E-state index contributed by atoms with van der Waals surface area (Å²) in [4.78, 5) is 10.7. The normalized spacial score (nSPS) is 16.1. The molecule has 0 spiro atoms. The third-order valence-electron chi connectivity index (χ3n) is 1.71. The van der Waals surface area contributed by atoms with Crippen LogP contribution in [0, 0.1) is 0 Å². The van der Waals surface area contributed by atoms with Gasteiger partial charge in [-0.1, -0.05) is 0 Å². The lowest BCUT2D eigenvalue weighted by Crippen LogP contribution is -2.52. The number of amides is 1. The van der Waals surface area contributed by atoms with Crippen LogP contribution >= 0.6 is 0 Å². The van der Waals surface area contributed by atoms with E-state index in [2.05, 4.69) is 0 Å². The highest BCUT2D eigenvalue weighted by atomic mass is 19.4. The number of hydrogen-bond donors (Lipinski definition) is 2. The van der Waals surface area contributed by atoms with E-state index in [-0.39, 0.29) is 19.6 Å². The average molecular weight is 228 g/mol. The van der Waals surface area contributed by atoms with Gasteiger partial charge >= 0.3 is 6.18 Å². The van der Waals surface area contributed by atoms with Crippen molar-refractivity contribution in [3.8, 4) is 0 Å². The lowest BCUT2D eigenvalue weighted by molar-refractivity contribution is -0.139. The fourth-order valence-electron chi connectivity index (χ4n) is 0.730. The monoisotopic (exact) mass is 228 g/mol. The van der Waals surface area contributed by atoms with Crippen molar-refractivity contribution < 1.29 is 22.7 Å². The molecule has 0 aliphatic carbocycles. The molecular weight excluding hydrogens is 213 g/mol. The molecule has 4 nitrogen and oxygen atoms in total. The van der Waals surface area contributed by atoms with Gasteiger partial charge in [-0.05, 0) is 13.3 Å². The zero-order valence-electron chi connectivity index (χ0n) is 8.43. The fourth-order valence-corrected chi connectivity index (χ4v) is 0.730. The van der Waals surface area contributed by atoms with Crippen molar-refractivity contribution in [1.29, 1.82) is 0 Å². The molecule has 4 N–H and O–H groups in total. The minimum absolute atomic E-state index is 0.0976. The number of alkyl halides is 3. The molecule has 0 aromatic heterocycles. The van der Waals surface area contributed by atoms with Crippen LogP contribution in [0.4, 0.5) is 13.2 Å². The minimum atomic E-state index is -4.18. The van der Waals surface area contributed by atoms with Gasteiger partial charge in [0.1, 0.15) is 5.54 Å². The van der Waals surface area contributed by atoms with Gasteiger partial charge in [0, 0.05) is 13.0 Å². The topological polar surface area (TPSA) is 78.3 Å². The number of rotatable bonds is 6. The van der Waals surface area contributed by atoms with Gasteiger partial charge in [-0.3, -0.25) is 4.79 Å². The number of halogens is 3. The molecule has 0 aromatic rings. The third-order valence-corrected chi connectivity index (χ3v) is 1.71. The molecule has 0 aliphatic rings. The molecule has 90 valence electrons. The largest absolute Gasteiger partial charge is 0.389 e. The van der Waals surface area contributed by atoms with E-state index in [0.29, 0.717) is 0 Å². The maximum absolute atomic E-state index is 11.7. The maximum Gasteiger partial charge on any atom is 0.389 e.